The van der Waals surface area contributed by atoms with Crippen molar-refractivity contribution in [2.45, 2.75) is 12.8 Å². The van der Waals surface area contributed by atoms with Crippen molar-refractivity contribution in [2.24, 2.45) is 0 Å². The van der Waals surface area contributed by atoms with Gasteiger partial charge in [-0.3, -0.25) is 4.79 Å². The fourth-order valence-electron chi connectivity index (χ4n) is 0.902. The van der Waals surface area contributed by atoms with E-state index in [1.807, 2.05) is 0 Å². The molecule has 0 amide bonds. The third-order valence-electron chi connectivity index (χ3n) is 1.54. The molecule has 0 unspecified atom stereocenters. The molecule has 1 aromatic rings. The van der Waals surface area contributed by atoms with Crippen LogP contribution in [0.4, 0.5) is 4.39 Å². The van der Waals surface area contributed by atoms with Gasteiger partial charge in [-0.25, -0.2) is 4.39 Å². The van der Waals surface area contributed by atoms with Gasteiger partial charge in [-0.05, 0) is 24.1 Å². The average Bonchev–Trinajstić information content (AvgIpc) is 2.03. The van der Waals surface area contributed by atoms with E-state index in [9.17, 15) is 9.18 Å². The van der Waals surface area contributed by atoms with Gasteiger partial charge >= 0.3 is 5.97 Å². The summed E-state index contributed by atoms with van der Waals surface area (Å²) in [6.45, 7) is 0. The molecule has 80 valence electrons. The SMILES string of the molecule is Cl.Cl.O=C(O)CCc1ccc(F)cc1. The third-order valence-corrected chi connectivity index (χ3v) is 1.54. The van der Waals surface area contributed by atoms with Gasteiger partial charge in [0, 0.05) is 6.42 Å². The Morgan fingerprint density at radius 2 is 1.71 bits per heavy atom. The van der Waals surface area contributed by atoms with E-state index in [4.69, 9.17) is 5.11 Å². The fourth-order valence-corrected chi connectivity index (χ4v) is 0.902. The van der Waals surface area contributed by atoms with E-state index in [1.54, 1.807) is 12.1 Å². The van der Waals surface area contributed by atoms with Gasteiger partial charge < -0.3 is 5.11 Å². The van der Waals surface area contributed by atoms with Crippen LogP contribution in [0.3, 0.4) is 0 Å². The van der Waals surface area contributed by atoms with Crippen LogP contribution < -0.4 is 0 Å². The molecule has 0 saturated carbocycles. The Labute approximate surface area is 94.0 Å². The van der Waals surface area contributed by atoms with Gasteiger partial charge in [0.1, 0.15) is 5.82 Å². The molecule has 0 aliphatic carbocycles. The van der Waals surface area contributed by atoms with E-state index in [-0.39, 0.29) is 37.1 Å². The average molecular weight is 241 g/mol. The molecule has 0 fully saturated rings. The predicted molar refractivity (Wildman–Crippen MR) is 56.9 cm³/mol. The van der Waals surface area contributed by atoms with E-state index in [0.717, 1.165) is 5.56 Å². The molecule has 0 radical (unpaired) electrons. The number of aliphatic carboxylic acids is 1. The first-order valence-corrected chi connectivity index (χ1v) is 3.65. The summed E-state index contributed by atoms with van der Waals surface area (Å²) in [5, 5.41) is 8.36. The summed E-state index contributed by atoms with van der Waals surface area (Å²) in [6, 6.07) is 5.85. The van der Waals surface area contributed by atoms with Crippen LogP contribution in [0, 0.1) is 5.82 Å². The fraction of sp³-hybridized carbons (Fsp3) is 0.222. The molecule has 2 nitrogen and oxygen atoms in total. The quantitative estimate of drug-likeness (QED) is 0.883. The van der Waals surface area contributed by atoms with Crippen LogP contribution in [0.2, 0.25) is 0 Å². The highest BCUT2D eigenvalue weighted by Gasteiger charge is 1.98. The molecule has 0 bridgehead atoms. The van der Waals surface area contributed by atoms with Gasteiger partial charge in [0.15, 0.2) is 0 Å². The summed E-state index contributed by atoms with van der Waals surface area (Å²) >= 11 is 0. The van der Waals surface area contributed by atoms with Crippen LogP contribution >= 0.6 is 24.8 Å². The maximum absolute atomic E-state index is 12.4. The van der Waals surface area contributed by atoms with Gasteiger partial charge in [-0.15, -0.1) is 24.8 Å². The summed E-state index contributed by atoms with van der Waals surface area (Å²) in [5.41, 5.74) is 0.846. The normalized spacial score (nSPS) is 8.36. The number of carboxylic acids is 1. The Kier molecular flexibility index (Phi) is 8.49. The Morgan fingerprint density at radius 1 is 1.21 bits per heavy atom. The maximum atomic E-state index is 12.4. The zero-order valence-corrected chi connectivity index (χ0v) is 8.91. The minimum atomic E-state index is -0.834. The van der Waals surface area contributed by atoms with E-state index in [2.05, 4.69) is 0 Å². The largest absolute Gasteiger partial charge is 0.481 e. The molecule has 0 aromatic heterocycles. The number of benzene rings is 1. The highest BCUT2D eigenvalue weighted by atomic mass is 35.5. The topological polar surface area (TPSA) is 37.3 Å². The Bertz CT molecular complexity index is 275. The zero-order valence-electron chi connectivity index (χ0n) is 7.27. The second kappa shape index (κ2) is 7.59. The Hall–Kier alpha value is -0.800. The highest BCUT2D eigenvalue weighted by Crippen LogP contribution is 2.04. The molecule has 0 aliphatic rings. The van der Waals surface area contributed by atoms with Gasteiger partial charge in [0.05, 0.1) is 0 Å². The summed E-state index contributed by atoms with van der Waals surface area (Å²) in [6.07, 6.45) is 0.543. The number of halogens is 3. The van der Waals surface area contributed by atoms with E-state index in [1.165, 1.54) is 12.1 Å². The molecule has 14 heavy (non-hydrogen) atoms. The zero-order chi connectivity index (χ0) is 8.97. The third kappa shape index (κ3) is 5.78. The van der Waals surface area contributed by atoms with Crippen LogP contribution in [-0.4, -0.2) is 11.1 Å². The standard InChI is InChI=1S/C9H9FO2.2ClH/c10-8-4-1-7(2-5-8)3-6-9(11)12;;/h1-2,4-5H,3,6H2,(H,11,12);2*1H. The van der Waals surface area contributed by atoms with Crippen molar-refractivity contribution in [1.29, 1.82) is 0 Å². The van der Waals surface area contributed by atoms with Crippen LogP contribution in [0.5, 0.6) is 0 Å². The van der Waals surface area contributed by atoms with E-state index >= 15 is 0 Å². The van der Waals surface area contributed by atoms with Crippen molar-refractivity contribution >= 4 is 30.8 Å². The summed E-state index contributed by atoms with van der Waals surface area (Å²) in [5.74, 6) is -1.13. The first kappa shape index (κ1) is 15.7. The van der Waals surface area contributed by atoms with Gasteiger partial charge in [-0.2, -0.15) is 0 Å². The molecule has 1 aromatic carbocycles. The molecule has 1 N–H and O–H groups in total. The van der Waals surface area contributed by atoms with Gasteiger partial charge in [0.25, 0.3) is 0 Å². The lowest BCUT2D eigenvalue weighted by Crippen LogP contribution is -1.97. The molecule has 5 heteroatoms. The molecular weight excluding hydrogens is 230 g/mol. The maximum Gasteiger partial charge on any atom is 0.303 e. The lowest BCUT2D eigenvalue weighted by atomic mass is 10.1. The minimum Gasteiger partial charge on any atom is -0.481 e. The number of carbonyl (C=O) groups is 1. The number of hydrogen-bond donors (Lipinski definition) is 1. The highest BCUT2D eigenvalue weighted by molar-refractivity contribution is 5.85. The number of hydrogen-bond acceptors (Lipinski definition) is 1. The van der Waals surface area contributed by atoms with Crippen molar-refractivity contribution in [3.63, 3.8) is 0 Å². The Balaban J connectivity index is 0. The Morgan fingerprint density at radius 3 is 2.14 bits per heavy atom. The summed E-state index contributed by atoms with van der Waals surface area (Å²) in [4.78, 5) is 10.2. The van der Waals surface area contributed by atoms with E-state index in [0.29, 0.717) is 6.42 Å². The second-order valence-corrected chi connectivity index (χ2v) is 2.52. The number of carboxylic acid groups (broad SMARTS) is 1. The van der Waals surface area contributed by atoms with Gasteiger partial charge in [0.2, 0.25) is 0 Å². The first-order chi connectivity index (χ1) is 5.68. The number of rotatable bonds is 3. The van der Waals surface area contributed by atoms with E-state index < -0.39 is 5.97 Å². The molecule has 0 heterocycles. The summed E-state index contributed by atoms with van der Waals surface area (Å²) in [7, 11) is 0. The van der Waals surface area contributed by atoms with Crippen molar-refractivity contribution in [3.8, 4) is 0 Å². The summed E-state index contributed by atoms with van der Waals surface area (Å²) < 4.78 is 12.4. The van der Waals surface area contributed by atoms with Crippen molar-refractivity contribution in [1.82, 2.24) is 0 Å². The van der Waals surface area contributed by atoms with Crippen molar-refractivity contribution < 1.29 is 14.3 Å². The molecule has 1 rings (SSSR count). The molecule has 0 spiro atoms. The van der Waals surface area contributed by atoms with Crippen molar-refractivity contribution in [2.75, 3.05) is 0 Å². The molecule has 0 aliphatic heterocycles. The number of aryl methyl sites for hydroxylation is 1. The first-order valence-electron chi connectivity index (χ1n) is 3.65. The van der Waals surface area contributed by atoms with Crippen molar-refractivity contribution in [3.05, 3.63) is 35.6 Å². The minimum absolute atomic E-state index is 0. The smallest absolute Gasteiger partial charge is 0.303 e. The van der Waals surface area contributed by atoms with Crippen LogP contribution in [0.15, 0.2) is 24.3 Å². The predicted octanol–water partition coefficient (Wildman–Crippen LogP) is 2.69. The van der Waals surface area contributed by atoms with Crippen LogP contribution in [-0.2, 0) is 11.2 Å². The molecule has 0 saturated heterocycles. The van der Waals surface area contributed by atoms with Crippen LogP contribution in [0.1, 0.15) is 12.0 Å². The molecule has 0 atom stereocenters. The lowest BCUT2D eigenvalue weighted by Gasteiger charge is -1.96. The second-order valence-electron chi connectivity index (χ2n) is 2.52. The molecular formula is C9H11Cl2FO2. The van der Waals surface area contributed by atoms with Gasteiger partial charge in [-0.1, -0.05) is 12.1 Å². The lowest BCUT2D eigenvalue weighted by molar-refractivity contribution is -0.136. The monoisotopic (exact) mass is 240 g/mol. The van der Waals surface area contributed by atoms with Crippen LogP contribution in [0.25, 0.3) is 0 Å².